The highest BCUT2D eigenvalue weighted by atomic mass is 79.9. The van der Waals surface area contributed by atoms with Crippen molar-refractivity contribution in [3.8, 4) is 0 Å². The molecule has 2 N–H and O–H groups in total. The smallest absolute Gasteiger partial charge is 0.318 e. The van der Waals surface area contributed by atoms with Crippen LogP contribution in [0.4, 0.5) is 5.69 Å². The third-order valence-corrected chi connectivity index (χ3v) is 3.94. The van der Waals surface area contributed by atoms with Crippen molar-refractivity contribution in [1.82, 2.24) is 5.43 Å². The molecule has 2 aromatic carbocycles. The lowest BCUT2D eigenvalue weighted by Gasteiger charge is -2.18. The maximum Gasteiger partial charge on any atom is 0.329 e. The molecular formula is C19H20BrN3O2. The Morgan fingerprint density at radius 2 is 1.72 bits per heavy atom. The molecule has 6 heteroatoms. The molecule has 0 fully saturated rings. The highest BCUT2D eigenvalue weighted by molar-refractivity contribution is 9.10. The third kappa shape index (κ3) is 5.83. The fourth-order valence-electron chi connectivity index (χ4n) is 2.04. The number of nitrogens with one attached hydrogen (secondary N) is 2. The van der Waals surface area contributed by atoms with Crippen LogP contribution in [0.15, 0.2) is 58.1 Å². The normalized spacial score (nSPS) is 11.4. The van der Waals surface area contributed by atoms with Crippen LogP contribution in [0, 0.1) is 0 Å². The van der Waals surface area contributed by atoms with Crippen LogP contribution in [-0.2, 0) is 15.0 Å². The summed E-state index contributed by atoms with van der Waals surface area (Å²) >= 11 is 3.30. The topological polar surface area (TPSA) is 70.6 Å². The largest absolute Gasteiger partial charge is 0.329 e. The van der Waals surface area contributed by atoms with E-state index in [1.807, 2.05) is 30.3 Å². The molecule has 0 unspecified atom stereocenters. The molecule has 130 valence electrons. The van der Waals surface area contributed by atoms with Gasteiger partial charge in [-0.2, -0.15) is 5.10 Å². The van der Waals surface area contributed by atoms with E-state index in [9.17, 15) is 9.59 Å². The summed E-state index contributed by atoms with van der Waals surface area (Å²) in [5, 5.41) is 6.32. The molecule has 0 aliphatic rings. The molecule has 0 aromatic heterocycles. The molecule has 2 rings (SSSR count). The molecule has 0 bridgehead atoms. The summed E-state index contributed by atoms with van der Waals surface area (Å²) in [6.07, 6.45) is 1.50. The standard InChI is InChI=1S/C19H20BrN3O2/c1-19(2,3)14-9-7-13(8-10-14)12-21-23-18(25)17(24)22-16-6-4-5-15(20)11-16/h4-12H,1-3H3,(H,22,24)(H,23,25)/b21-12-. The lowest BCUT2D eigenvalue weighted by molar-refractivity contribution is -0.136. The van der Waals surface area contributed by atoms with Gasteiger partial charge in [0.15, 0.2) is 0 Å². The summed E-state index contributed by atoms with van der Waals surface area (Å²) in [7, 11) is 0. The summed E-state index contributed by atoms with van der Waals surface area (Å²) in [4.78, 5) is 23.6. The van der Waals surface area contributed by atoms with Gasteiger partial charge in [-0.25, -0.2) is 5.43 Å². The van der Waals surface area contributed by atoms with Gasteiger partial charge in [-0.05, 0) is 34.7 Å². The summed E-state index contributed by atoms with van der Waals surface area (Å²) < 4.78 is 0.808. The second kappa shape index (κ2) is 8.07. The van der Waals surface area contributed by atoms with Crippen LogP contribution in [0.25, 0.3) is 0 Å². The van der Waals surface area contributed by atoms with Gasteiger partial charge in [-0.15, -0.1) is 0 Å². The van der Waals surface area contributed by atoms with Crippen molar-refractivity contribution in [2.75, 3.05) is 5.32 Å². The van der Waals surface area contributed by atoms with Gasteiger partial charge >= 0.3 is 11.8 Å². The highest BCUT2D eigenvalue weighted by Gasteiger charge is 2.13. The van der Waals surface area contributed by atoms with Crippen molar-refractivity contribution in [3.63, 3.8) is 0 Å². The molecule has 0 saturated heterocycles. The van der Waals surface area contributed by atoms with Gasteiger partial charge in [-0.3, -0.25) is 9.59 Å². The van der Waals surface area contributed by atoms with Crippen LogP contribution in [0.2, 0.25) is 0 Å². The van der Waals surface area contributed by atoms with Crippen molar-refractivity contribution in [2.45, 2.75) is 26.2 Å². The lowest BCUT2D eigenvalue weighted by Crippen LogP contribution is -2.32. The van der Waals surface area contributed by atoms with Gasteiger partial charge in [0.1, 0.15) is 0 Å². The monoisotopic (exact) mass is 401 g/mol. The zero-order chi connectivity index (χ0) is 18.4. The Bertz CT molecular complexity index is 793. The average Bonchev–Trinajstić information content (AvgIpc) is 2.54. The molecule has 5 nitrogen and oxygen atoms in total. The number of hydrazone groups is 1. The van der Waals surface area contributed by atoms with Crippen LogP contribution in [0.5, 0.6) is 0 Å². The second-order valence-electron chi connectivity index (χ2n) is 6.54. The molecule has 0 aliphatic carbocycles. The van der Waals surface area contributed by atoms with Gasteiger partial charge in [-0.1, -0.05) is 67.0 Å². The molecule has 0 atom stereocenters. The third-order valence-electron chi connectivity index (χ3n) is 3.45. The van der Waals surface area contributed by atoms with Crippen LogP contribution < -0.4 is 10.7 Å². The number of hydrogen-bond donors (Lipinski definition) is 2. The molecule has 2 aromatic rings. The first-order valence-corrected chi connectivity index (χ1v) is 8.55. The van der Waals surface area contributed by atoms with Crippen LogP contribution in [-0.4, -0.2) is 18.0 Å². The summed E-state index contributed by atoms with van der Waals surface area (Å²) in [6.45, 7) is 6.42. The molecule has 0 radical (unpaired) electrons. The van der Waals surface area contributed by atoms with E-state index in [1.54, 1.807) is 18.2 Å². The zero-order valence-electron chi connectivity index (χ0n) is 14.3. The molecule has 2 amide bonds. The fraction of sp³-hybridized carbons (Fsp3) is 0.211. The SMILES string of the molecule is CC(C)(C)c1ccc(/C=N\NC(=O)C(=O)Nc2cccc(Br)c2)cc1. The molecule has 0 aliphatic heterocycles. The molecule has 0 saturated carbocycles. The van der Waals surface area contributed by atoms with Crippen molar-refractivity contribution in [3.05, 3.63) is 64.1 Å². The quantitative estimate of drug-likeness (QED) is 0.465. The van der Waals surface area contributed by atoms with Gasteiger partial charge in [0.05, 0.1) is 6.21 Å². The van der Waals surface area contributed by atoms with E-state index in [0.717, 1.165) is 10.0 Å². The van der Waals surface area contributed by atoms with Crippen molar-refractivity contribution in [1.29, 1.82) is 0 Å². The van der Waals surface area contributed by atoms with Crippen LogP contribution in [0.3, 0.4) is 0 Å². The van der Waals surface area contributed by atoms with E-state index < -0.39 is 11.8 Å². The fourth-order valence-corrected chi connectivity index (χ4v) is 2.44. The first-order chi connectivity index (χ1) is 11.8. The van der Waals surface area contributed by atoms with E-state index in [2.05, 4.69) is 52.5 Å². The Kier molecular flexibility index (Phi) is 6.09. The van der Waals surface area contributed by atoms with E-state index in [4.69, 9.17) is 0 Å². The minimum atomic E-state index is -0.831. The average molecular weight is 402 g/mol. The van der Waals surface area contributed by atoms with E-state index in [1.165, 1.54) is 11.8 Å². The number of halogens is 1. The predicted octanol–water partition coefficient (Wildman–Crippen LogP) is 3.84. The second-order valence-corrected chi connectivity index (χ2v) is 7.45. The Hall–Kier alpha value is -2.47. The molecule has 0 spiro atoms. The highest BCUT2D eigenvalue weighted by Crippen LogP contribution is 2.21. The number of anilines is 1. The summed E-state index contributed by atoms with van der Waals surface area (Å²) in [5.74, 6) is -1.61. The number of benzene rings is 2. The Labute approximate surface area is 155 Å². The molecule has 0 heterocycles. The number of carbonyl (C=O) groups excluding carboxylic acids is 2. The van der Waals surface area contributed by atoms with Crippen LogP contribution in [0.1, 0.15) is 31.9 Å². The summed E-state index contributed by atoms with van der Waals surface area (Å²) in [6, 6.07) is 14.8. The first kappa shape index (κ1) is 18.9. The van der Waals surface area contributed by atoms with E-state index in [0.29, 0.717) is 5.69 Å². The Morgan fingerprint density at radius 3 is 2.32 bits per heavy atom. The van der Waals surface area contributed by atoms with Gasteiger partial charge < -0.3 is 5.32 Å². The van der Waals surface area contributed by atoms with Gasteiger partial charge in [0.2, 0.25) is 0 Å². The zero-order valence-corrected chi connectivity index (χ0v) is 15.9. The lowest BCUT2D eigenvalue weighted by atomic mass is 9.87. The Morgan fingerprint density at radius 1 is 1.04 bits per heavy atom. The van der Waals surface area contributed by atoms with E-state index in [-0.39, 0.29) is 5.41 Å². The predicted molar refractivity (Wildman–Crippen MR) is 104 cm³/mol. The maximum atomic E-state index is 11.8. The molecule has 25 heavy (non-hydrogen) atoms. The van der Waals surface area contributed by atoms with Gasteiger partial charge in [0.25, 0.3) is 0 Å². The van der Waals surface area contributed by atoms with Crippen molar-refractivity contribution >= 4 is 39.6 Å². The Balaban J connectivity index is 1.90. The van der Waals surface area contributed by atoms with E-state index >= 15 is 0 Å². The van der Waals surface area contributed by atoms with Gasteiger partial charge in [0, 0.05) is 10.2 Å². The number of carbonyl (C=O) groups is 2. The summed E-state index contributed by atoms with van der Waals surface area (Å²) in [5.41, 5.74) is 4.86. The number of nitrogens with zero attached hydrogens (tertiary/aromatic N) is 1. The minimum Gasteiger partial charge on any atom is -0.318 e. The van der Waals surface area contributed by atoms with Crippen molar-refractivity contribution < 1.29 is 9.59 Å². The minimum absolute atomic E-state index is 0.0778. The number of rotatable bonds is 3. The maximum absolute atomic E-state index is 11.8. The number of amides is 2. The van der Waals surface area contributed by atoms with Crippen molar-refractivity contribution in [2.24, 2.45) is 5.10 Å². The first-order valence-electron chi connectivity index (χ1n) is 7.76. The van der Waals surface area contributed by atoms with Crippen LogP contribution >= 0.6 is 15.9 Å². The number of hydrogen-bond acceptors (Lipinski definition) is 3. The molecular weight excluding hydrogens is 382 g/mol.